The van der Waals surface area contributed by atoms with E-state index in [2.05, 4.69) is 5.32 Å². The zero-order valence-electron chi connectivity index (χ0n) is 15.7. The van der Waals surface area contributed by atoms with E-state index in [9.17, 15) is 26.4 Å². The van der Waals surface area contributed by atoms with E-state index in [1.54, 1.807) is 13.0 Å². The molecular weight excluding hydrogens is 429 g/mol. The van der Waals surface area contributed by atoms with Crippen LogP contribution in [-0.2, 0) is 21.0 Å². The molecule has 0 heterocycles. The summed E-state index contributed by atoms with van der Waals surface area (Å²) >= 11 is 5.64. The van der Waals surface area contributed by atoms with E-state index in [0.717, 1.165) is 12.1 Å². The molecule has 0 saturated carbocycles. The second-order valence-electron chi connectivity index (χ2n) is 6.36. The summed E-state index contributed by atoms with van der Waals surface area (Å²) in [6, 6.07) is 9.65. The van der Waals surface area contributed by atoms with Gasteiger partial charge in [0.25, 0.3) is 10.0 Å². The molecule has 0 spiro atoms. The highest BCUT2D eigenvalue weighted by atomic mass is 35.5. The summed E-state index contributed by atoms with van der Waals surface area (Å²) in [6.45, 7) is 2.89. The molecule has 0 unspecified atom stereocenters. The molecule has 1 N–H and O–H groups in total. The van der Waals surface area contributed by atoms with Gasteiger partial charge in [-0.15, -0.1) is 0 Å². The number of nitrogens with zero attached hydrogens (tertiary/aromatic N) is 1. The number of anilines is 1. The standard InChI is InChI=1S/C19H20ClF3N2O3S/c1-3-13(2)24-18(26)12-25(29(27,28)15-7-5-4-6-8-15)14-9-10-17(20)16(11-14)19(21,22)23/h4-11,13H,3,12H2,1-2H3,(H,24,26)/t13-/m1/s1. The third kappa shape index (κ3) is 5.63. The van der Waals surface area contributed by atoms with Crippen molar-refractivity contribution in [2.24, 2.45) is 0 Å². The van der Waals surface area contributed by atoms with Crippen molar-refractivity contribution in [3.63, 3.8) is 0 Å². The van der Waals surface area contributed by atoms with Crippen LogP contribution >= 0.6 is 11.6 Å². The number of halogens is 4. The fourth-order valence-electron chi connectivity index (χ4n) is 2.47. The highest BCUT2D eigenvalue weighted by Crippen LogP contribution is 2.37. The van der Waals surface area contributed by atoms with Gasteiger partial charge in [0.2, 0.25) is 5.91 Å². The summed E-state index contributed by atoms with van der Waals surface area (Å²) in [4.78, 5) is 12.2. The third-order valence-electron chi connectivity index (χ3n) is 4.18. The predicted molar refractivity (Wildman–Crippen MR) is 105 cm³/mol. The van der Waals surface area contributed by atoms with E-state index in [-0.39, 0.29) is 16.6 Å². The van der Waals surface area contributed by atoms with Gasteiger partial charge in [0, 0.05) is 6.04 Å². The number of alkyl halides is 3. The number of hydrogen-bond acceptors (Lipinski definition) is 3. The minimum absolute atomic E-state index is 0.153. The largest absolute Gasteiger partial charge is 0.417 e. The number of hydrogen-bond donors (Lipinski definition) is 1. The average Bonchev–Trinajstić information content (AvgIpc) is 2.66. The van der Waals surface area contributed by atoms with Crippen molar-refractivity contribution in [2.45, 2.75) is 37.4 Å². The number of sulfonamides is 1. The van der Waals surface area contributed by atoms with Gasteiger partial charge >= 0.3 is 6.18 Å². The molecule has 158 valence electrons. The molecule has 0 fully saturated rings. The van der Waals surface area contributed by atoms with E-state index in [1.807, 2.05) is 6.92 Å². The Morgan fingerprint density at radius 3 is 2.34 bits per heavy atom. The molecule has 0 bridgehead atoms. The molecule has 0 aliphatic carbocycles. The Morgan fingerprint density at radius 1 is 1.17 bits per heavy atom. The van der Waals surface area contributed by atoms with Crippen LogP contribution in [0.4, 0.5) is 18.9 Å². The topological polar surface area (TPSA) is 66.5 Å². The van der Waals surface area contributed by atoms with Gasteiger partial charge in [0.05, 0.1) is 21.2 Å². The number of carbonyl (C=O) groups is 1. The van der Waals surface area contributed by atoms with Crippen molar-refractivity contribution in [1.82, 2.24) is 5.32 Å². The molecule has 0 radical (unpaired) electrons. The van der Waals surface area contributed by atoms with Gasteiger partial charge < -0.3 is 5.32 Å². The van der Waals surface area contributed by atoms with E-state index in [1.165, 1.54) is 24.3 Å². The Labute approximate surface area is 172 Å². The number of amides is 1. The van der Waals surface area contributed by atoms with Crippen LogP contribution in [0.1, 0.15) is 25.8 Å². The molecule has 2 aromatic rings. The van der Waals surface area contributed by atoms with Crippen molar-refractivity contribution in [1.29, 1.82) is 0 Å². The predicted octanol–water partition coefficient (Wildman–Crippen LogP) is 4.47. The van der Waals surface area contributed by atoms with Crippen LogP contribution < -0.4 is 9.62 Å². The Bertz CT molecular complexity index is 966. The Kier molecular flexibility index (Phi) is 7.18. The second-order valence-corrected chi connectivity index (χ2v) is 8.63. The van der Waals surface area contributed by atoms with E-state index in [0.29, 0.717) is 16.8 Å². The summed E-state index contributed by atoms with van der Waals surface area (Å²) in [7, 11) is -4.30. The molecule has 0 aromatic heterocycles. The fraction of sp³-hybridized carbons (Fsp3) is 0.316. The van der Waals surface area contributed by atoms with E-state index < -0.39 is 39.2 Å². The minimum atomic E-state index is -4.78. The quantitative estimate of drug-likeness (QED) is 0.679. The van der Waals surface area contributed by atoms with Gasteiger partial charge in [-0.05, 0) is 43.7 Å². The van der Waals surface area contributed by atoms with E-state index in [4.69, 9.17) is 11.6 Å². The first kappa shape index (κ1) is 23.0. The van der Waals surface area contributed by atoms with Crippen molar-refractivity contribution in [3.8, 4) is 0 Å². The summed E-state index contributed by atoms with van der Waals surface area (Å²) in [5.74, 6) is -0.637. The molecular formula is C19H20ClF3N2O3S. The summed E-state index contributed by atoms with van der Waals surface area (Å²) in [5, 5.41) is 2.05. The summed E-state index contributed by atoms with van der Waals surface area (Å²) in [5.41, 5.74) is -1.50. The zero-order valence-corrected chi connectivity index (χ0v) is 17.3. The van der Waals surface area contributed by atoms with Gasteiger partial charge in [-0.2, -0.15) is 13.2 Å². The Morgan fingerprint density at radius 2 is 1.79 bits per heavy atom. The second kappa shape index (κ2) is 9.04. The molecule has 2 rings (SSSR count). The molecule has 2 aromatic carbocycles. The maximum absolute atomic E-state index is 13.3. The maximum Gasteiger partial charge on any atom is 0.417 e. The lowest BCUT2D eigenvalue weighted by Gasteiger charge is -2.26. The molecule has 0 aliphatic rings. The number of rotatable bonds is 7. The first-order valence-corrected chi connectivity index (χ1v) is 10.5. The monoisotopic (exact) mass is 448 g/mol. The number of carbonyl (C=O) groups excluding carboxylic acids is 1. The lowest BCUT2D eigenvalue weighted by Crippen LogP contribution is -2.43. The molecule has 5 nitrogen and oxygen atoms in total. The van der Waals surface area contributed by atoms with Crippen LogP contribution in [-0.4, -0.2) is 26.9 Å². The lowest BCUT2D eigenvalue weighted by molar-refractivity contribution is -0.137. The van der Waals surface area contributed by atoms with Gasteiger partial charge in [-0.25, -0.2) is 8.42 Å². The summed E-state index contributed by atoms with van der Waals surface area (Å²) < 4.78 is 66.6. The van der Waals surface area contributed by atoms with Crippen LogP contribution in [0.3, 0.4) is 0 Å². The molecule has 10 heteroatoms. The minimum Gasteiger partial charge on any atom is -0.352 e. The molecule has 1 amide bonds. The molecule has 1 atom stereocenters. The zero-order chi connectivity index (χ0) is 21.8. The van der Waals surface area contributed by atoms with Crippen LogP contribution in [0.5, 0.6) is 0 Å². The summed E-state index contributed by atoms with van der Waals surface area (Å²) in [6.07, 6.45) is -4.18. The first-order valence-electron chi connectivity index (χ1n) is 8.70. The number of benzene rings is 2. The highest BCUT2D eigenvalue weighted by molar-refractivity contribution is 7.92. The van der Waals surface area contributed by atoms with Crippen molar-refractivity contribution in [2.75, 3.05) is 10.8 Å². The number of nitrogens with one attached hydrogen (secondary N) is 1. The van der Waals surface area contributed by atoms with Gasteiger partial charge in [-0.1, -0.05) is 36.7 Å². The van der Waals surface area contributed by atoms with Crippen LogP contribution in [0.2, 0.25) is 5.02 Å². The van der Waals surface area contributed by atoms with Crippen LogP contribution in [0, 0.1) is 0 Å². The third-order valence-corrected chi connectivity index (χ3v) is 6.30. The van der Waals surface area contributed by atoms with Crippen LogP contribution in [0.25, 0.3) is 0 Å². The van der Waals surface area contributed by atoms with Gasteiger partial charge in [0.15, 0.2) is 0 Å². The van der Waals surface area contributed by atoms with Crippen LogP contribution in [0.15, 0.2) is 53.4 Å². The fourth-order valence-corrected chi connectivity index (χ4v) is 4.13. The maximum atomic E-state index is 13.3. The van der Waals surface area contributed by atoms with Gasteiger partial charge in [-0.3, -0.25) is 9.10 Å². The Hall–Kier alpha value is -2.26. The van der Waals surface area contributed by atoms with Crippen molar-refractivity contribution >= 4 is 33.2 Å². The van der Waals surface area contributed by atoms with Crippen molar-refractivity contribution in [3.05, 3.63) is 59.1 Å². The SMILES string of the molecule is CC[C@@H](C)NC(=O)CN(c1ccc(Cl)c(C(F)(F)F)c1)S(=O)(=O)c1ccccc1. The normalized spacial score (nSPS) is 13.0. The molecule has 29 heavy (non-hydrogen) atoms. The highest BCUT2D eigenvalue weighted by Gasteiger charge is 2.35. The molecule has 0 saturated heterocycles. The molecule has 0 aliphatic heterocycles. The Balaban J connectivity index is 2.55. The van der Waals surface area contributed by atoms with Crippen molar-refractivity contribution < 1.29 is 26.4 Å². The van der Waals surface area contributed by atoms with Gasteiger partial charge in [0.1, 0.15) is 6.54 Å². The smallest absolute Gasteiger partial charge is 0.352 e. The van der Waals surface area contributed by atoms with E-state index >= 15 is 0 Å². The average molecular weight is 449 g/mol. The first-order chi connectivity index (χ1) is 13.5. The lowest BCUT2D eigenvalue weighted by atomic mass is 10.2.